The van der Waals surface area contributed by atoms with Gasteiger partial charge in [-0.15, -0.1) is 13.2 Å². The molecule has 2 aromatic rings. The molecule has 0 aliphatic heterocycles. The molecule has 0 radical (unpaired) electrons. The normalized spacial score (nSPS) is 15.9. The Morgan fingerprint density at radius 3 is 1.42 bits per heavy atom. The third kappa shape index (κ3) is 19.7. The Labute approximate surface area is 332 Å². The molecule has 53 heavy (non-hydrogen) atoms. The van der Waals surface area contributed by atoms with Gasteiger partial charge in [0, 0.05) is 23.1 Å². The summed E-state index contributed by atoms with van der Waals surface area (Å²) in [6.45, 7) is 8.20. The topological polar surface area (TPSA) is 63.6 Å². The highest BCUT2D eigenvalue weighted by atomic mass is 79.9. The minimum Gasteiger partial charge on any atom is -0.382 e. The van der Waals surface area contributed by atoms with Crippen LogP contribution in [-0.4, -0.2) is 39.8 Å². The number of hydrogen-bond donors (Lipinski definition) is 1. The number of allylic oxidation sites excluding steroid dienone is 2. The van der Waals surface area contributed by atoms with Crippen LogP contribution in [0.2, 0.25) is 0 Å². The fourth-order valence-electron chi connectivity index (χ4n) is 7.44. The molecule has 2 fully saturated rings. The first kappa shape index (κ1) is 46.8. The first-order valence-corrected chi connectivity index (χ1v) is 22.4. The van der Waals surface area contributed by atoms with Gasteiger partial charge in [-0.25, -0.2) is 0 Å². The summed E-state index contributed by atoms with van der Waals surface area (Å²) in [5.74, 6) is 0.0859. The molecule has 2 aliphatic rings. The second-order valence-corrected chi connectivity index (χ2v) is 16.0. The monoisotopic (exact) mass is 792 g/mol. The van der Waals surface area contributed by atoms with E-state index in [-0.39, 0.29) is 11.6 Å². The maximum atomic E-state index is 13.1. The average Bonchev–Trinajstić information content (AvgIpc) is 3.21. The summed E-state index contributed by atoms with van der Waals surface area (Å²) in [7, 11) is 0. The number of ether oxygens (including phenoxy) is 1. The van der Waals surface area contributed by atoms with Gasteiger partial charge >= 0.3 is 0 Å². The van der Waals surface area contributed by atoms with E-state index in [9.17, 15) is 14.7 Å². The number of aliphatic hydroxyl groups is 1. The van der Waals surface area contributed by atoms with Crippen LogP contribution in [-0.2, 0) is 4.74 Å². The maximum Gasteiger partial charge on any atom is 0.194 e. The minimum absolute atomic E-state index is 0.109. The number of alkyl halides is 1. The van der Waals surface area contributed by atoms with Crippen LogP contribution in [0, 0.1) is 0 Å². The third-order valence-corrected chi connectivity index (χ3v) is 11.3. The second-order valence-electron chi connectivity index (χ2n) is 15.2. The molecule has 0 unspecified atom stereocenters. The van der Waals surface area contributed by atoms with Gasteiger partial charge in [-0.1, -0.05) is 191 Å². The van der Waals surface area contributed by atoms with Crippen molar-refractivity contribution >= 4 is 27.5 Å². The fraction of sp³-hybridized carbons (Fsp3) is 0.625. The molecule has 0 saturated heterocycles. The van der Waals surface area contributed by atoms with Crippen molar-refractivity contribution in [3.63, 3.8) is 0 Å². The number of ketones is 2. The SMILES string of the molecule is C=CCCCCCCCCCBr.C=CCCCCCCCCCOC1(C(=O)c2ccccc2)CCCCC1.O=C(c1ccccc1)C1(O)CCCCC1. The highest BCUT2D eigenvalue weighted by Crippen LogP contribution is 2.35. The molecular weight excluding hydrogens is 720 g/mol. The largest absolute Gasteiger partial charge is 0.382 e. The first-order valence-electron chi connectivity index (χ1n) is 21.3. The molecule has 0 amide bonds. The Kier molecular flexibility index (Phi) is 26.5. The van der Waals surface area contributed by atoms with Crippen molar-refractivity contribution < 1.29 is 19.4 Å². The molecule has 0 spiro atoms. The molecule has 0 heterocycles. The number of carbonyl (C=O) groups is 2. The van der Waals surface area contributed by atoms with Gasteiger partial charge in [0.15, 0.2) is 11.6 Å². The highest BCUT2D eigenvalue weighted by Gasteiger charge is 2.41. The second kappa shape index (κ2) is 29.9. The van der Waals surface area contributed by atoms with Crippen molar-refractivity contribution in [1.29, 1.82) is 0 Å². The lowest BCUT2D eigenvalue weighted by Crippen LogP contribution is -2.43. The fourth-order valence-corrected chi connectivity index (χ4v) is 7.84. The van der Waals surface area contributed by atoms with Crippen LogP contribution in [0.3, 0.4) is 0 Å². The molecule has 1 N–H and O–H groups in total. The van der Waals surface area contributed by atoms with Crippen molar-refractivity contribution in [1.82, 2.24) is 0 Å². The van der Waals surface area contributed by atoms with Crippen LogP contribution >= 0.6 is 15.9 Å². The van der Waals surface area contributed by atoms with Crippen LogP contribution in [0.5, 0.6) is 0 Å². The van der Waals surface area contributed by atoms with E-state index in [2.05, 4.69) is 29.1 Å². The quantitative estimate of drug-likeness (QED) is 0.0498. The van der Waals surface area contributed by atoms with Crippen molar-refractivity contribution in [3.05, 3.63) is 97.1 Å². The van der Waals surface area contributed by atoms with E-state index in [0.717, 1.165) is 70.0 Å². The Morgan fingerprint density at radius 2 is 0.962 bits per heavy atom. The van der Waals surface area contributed by atoms with Crippen LogP contribution < -0.4 is 0 Å². The van der Waals surface area contributed by atoms with E-state index in [1.165, 1.54) is 102 Å². The smallest absolute Gasteiger partial charge is 0.194 e. The lowest BCUT2D eigenvalue weighted by molar-refractivity contribution is -0.0474. The summed E-state index contributed by atoms with van der Waals surface area (Å²) in [4.78, 5) is 25.2. The molecule has 296 valence electrons. The Morgan fingerprint density at radius 1 is 0.566 bits per heavy atom. The molecule has 2 aromatic carbocycles. The van der Waals surface area contributed by atoms with Gasteiger partial charge in [0.25, 0.3) is 0 Å². The molecule has 4 nitrogen and oxygen atoms in total. The van der Waals surface area contributed by atoms with Crippen LogP contribution in [0.25, 0.3) is 0 Å². The molecule has 2 aliphatic carbocycles. The van der Waals surface area contributed by atoms with Crippen molar-refractivity contribution in [2.75, 3.05) is 11.9 Å². The number of carbonyl (C=O) groups excluding carboxylic acids is 2. The van der Waals surface area contributed by atoms with Gasteiger partial charge in [0.2, 0.25) is 0 Å². The van der Waals surface area contributed by atoms with E-state index < -0.39 is 11.2 Å². The van der Waals surface area contributed by atoms with Crippen LogP contribution in [0.1, 0.15) is 188 Å². The van der Waals surface area contributed by atoms with E-state index in [1.54, 1.807) is 12.1 Å². The maximum absolute atomic E-state index is 13.1. The number of rotatable bonds is 24. The summed E-state index contributed by atoms with van der Waals surface area (Å²) in [5, 5.41) is 11.4. The van der Waals surface area contributed by atoms with Gasteiger partial charge in [-0.05, 0) is 64.2 Å². The predicted octanol–water partition coefficient (Wildman–Crippen LogP) is 14.1. The summed E-state index contributed by atoms with van der Waals surface area (Å²) < 4.78 is 6.29. The zero-order valence-electron chi connectivity index (χ0n) is 33.2. The molecule has 0 aromatic heterocycles. The summed E-state index contributed by atoms with van der Waals surface area (Å²) in [6.07, 6.45) is 34.3. The molecule has 4 rings (SSSR count). The summed E-state index contributed by atoms with van der Waals surface area (Å²) >= 11 is 3.44. The number of benzene rings is 2. The van der Waals surface area contributed by atoms with Crippen LogP contribution in [0.15, 0.2) is 86.0 Å². The Balaban J connectivity index is 0.000000304. The van der Waals surface area contributed by atoms with E-state index in [1.807, 2.05) is 60.7 Å². The Bertz CT molecular complexity index is 1210. The first-order chi connectivity index (χ1) is 25.9. The Hall–Kier alpha value is -2.34. The van der Waals surface area contributed by atoms with Gasteiger partial charge in [-0.3, -0.25) is 9.59 Å². The third-order valence-electron chi connectivity index (χ3n) is 10.7. The van der Waals surface area contributed by atoms with Crippen molar-refractivity contribution in [2.24, 2.45) is 0 Å². The van der Waals surface area contributed by atoms with Gasteiger partial charge in [0.05, 0.1) is 0 Å². The van der Waals surface area contributed by atoms with Gasteiger partial charge in [0.1, 0.15) is 11.2 Å². The van der Waals surface area contributed by atoms with Gasteiger partial charge in [-0.2, -0.15) is 0 Å². The number of hydrogen-bond acceptors (Lipinski definition) is 4. The van der Waals surface area contributed by atoms with E-state index in [4.69, 9.17) is 4.74 Å². The zero-order chi connectivity index (χ0) is 38.3. The number of unbranched alkanes of at least 4 members (excludes halogenated alkanes) is 14. The standard InChI is InChI=1S/C24H36O2.C13H16O2.C11H21Br/c1-2-3-4-5-6-7-8-9-16-21-26-24(19-14-11-15-20-24)23(25)22-17-12-10-13-18-22;14-12(11-7-3-1-4-8-11)13(15)9-5-2-6-10-13;1-2-3-4-5-6-7-8-9-10-11-12/h2,10,12-13,17-18H,1,3-9,11,14-16,19-21H2;1,3-4,7-8,15H,2,5-6,9-10H2;2H,1,3-11H2. The van der Waals surface area contributed by atoms with Crippen LogP contribution in [0.4, 0.5) is 0 Å². The minimum atomic E-state index is -1.10. The lowest BCUT2D eigenvalue weighted by Gasteiger charge is -2.36. The molecule has 5 heteroatoms. The predicted molar refractivity (Wildman–Crippen MR) is 229 cm³/mol. The van der Waals surface area contributed by atoms with Gasteiger partial charge < -0.3 is 9.84 Å². The number of halogens is 1. The highest BCUT2D eigenvalue weighted by molar-refractivity contribution is 9.09. The summed E-state index contributed by atoms with van der Waals surface area (Å²) in [5.41, 5.74) is -0.236. The average molecular weight is 794 g/mol. The molecule has 0 atom stereocenters. The lowest BCUT2D eigenvalue weighted by atomic mass is 9.79. The molecule has 0 bridgehead atoms. The number of Topliss-reactive ketones (excluding diaryl/α,β-unsaturated/α-hetero) is 2. The van der Waals surface area contributed by atoms with Crippen molar-refractivity contribution in [3.8, 4) is 0 Å². The van der Waals surface area contributed by atoms with E-state index >= 15 is 0 Å². The zero-order valence-corrected chi connectivity index (χ0v) is 34.8. The molecular formula is C48H73BrO4. The van der Waals surface area contributed by atoms with Crippen molar-refractivity contribution in [2.45, 2.75) is 178 Å². The molecule has 2 saturated carbocycles. The summed E-state index contributed by atoms with van der Waals surface area (Å²) in [6, 6.07) is 18.8. The van der Waals surface area contributed by atoms with E-state index in [0.29, 0.717) is 18.4 Å².